The second-order valence-electron chi connectivity index (χ2n) is 6.55. The van der Waals surface area contributed by atoms with E-state index in [1.807, 2.05) is 25.7 Å². The van der Waals surface area contributed by atoms with Gasteiger partial charge in [-0.25, -0.2) is 4.79 Å². The molecule has 6 heteroatoms. The zero-order valence-electron chi connectivity index (χ0n) is 13.3. The van der Waals surface area contributed by atoms with Gasteiger partial charge in [-0.15, -0.1) is 11.6 Å². The van der Waals surface area contributed by atoms with E-state index in [0.717, 1.165) is 32.4 Å². The van der Waals surface area contributed by atoms with Gasteiger partial charge < -0.3 is 15.0 Å². The molecule has 0 radical (unpaired) electrons. The molecule has 1 rings (SSSR count). The fourth-order valence-electron chi connectivity index (χ4n) is 2.28. The molecule has 0 spiro atoms. The van der Waals surface area contributed by atoms with E-state index in [-0.39, 0.29) is 12.0 Å². The van der Waals surface area contributed by atoms with E-state index in [9.17, 15) is 9.59 Å². The van der Waals surface area contributed by atoms with E-state index in [1.54, 1.807) is 0 Å². The number of ether oxygens (including phenoxy) is 1. The Labute approximate surface area is 132 Å². The number of alkyl carbamates (subject to hydrolysis) is 1. The first-order valence-corrected chi connectivity index (χ1v) is 8.16. The molecule has 1 heterocycles. The van der Waals surface area contributed by atoms with Crippen LogP contribution in [0.1, 0.15) is 46.5 Å². The number of carbonyl (C=O) groups excluding carboxylic acids is 2. The van der Waals surface area contributed by atoms with Crippen LogP contribution in [0, 0.1) is 5.92 Å². The molecule has 1 fully saturated rings. The summed E-state index contributed by atoms with van der Waals surface area (Å²) in [5.41, 5.74) is -0.459. The molecule has 1 saturated heterocycles. The van der Waals surface area contributed by atoms with E-state index in [0.29, 0.717) is 24.8 Å². The van der Waals surface area contributed by atoms with Crippen LogP contribution in [0.5, 0.6) is 0 Å². The lowest BCUT2D eigenvalue weighted by atomic mass is 10.1. The lowest BCUT2D eigenvalue weighted by Crippen LogP contribution is -2.33. The fraction of sp³-hybridized carbons (Fsp3) is 0.867. The zero-order chi connectivity index (χ0) is 15.9. The highest BCUT2D eigenvalue weighted by atomic mass is 35.5. The quantitative estimate of drug-likeness (QED) is 0.580. The van der Waals surface area contributed by atoms with E-state index in [1.165, 1.54) is 0 Å². The third-order valence-corrected chi connectivity index (χ3v) is 3.72. The molecule has 1 atom stereocenters. The highest BCUT2D eigenvalue weighted by Crippen LogP contribution is 2.19. The Morgan fingerprint density at radius 3 is 2.67 bits per heavy atom. The monoisotopic (exact) mass is 318 g/mol. The number of unbranched alkanes of at least 4 members (excludes halogenated alkanes) is 2. The molecule has 0 bridgehead atoms. The molecule has 1 aliphatic rings. The zero-order valence-corrected chi connectivity index (χ0v) is 14.0. The second-order valence-corrected chi connectivity index (χ2v) is 6.86. The van der Waals surface area contributed by atoms with E-state index < -0.39 is 5.60 Å². The van der Waals surface area contributed by atoms with Gasteiger partial charge in [0.2, 0.25) is 5.91 Å². The standard InChI is InChI=1S/C15H27ClN2O3/c1-15(2,3)21-14(20)17-7-5-4-6-8-18-11-12(10-16)9-13(18)19/h12H,4-11H2,1-3H3,(H,17,20). The summed E-state index contributed by atoms with van der Waals surface area (Å²) in [6, 6.07) is 0. The van der Waals surface area contributed by atoms with Gasteiger partial charge in [-0.2, -0.15) is 0 Å². The average molecular weight is 319 g/mol. The van der Waals surface area contributed by atoms with Crippen LogP contribution in [0.4, 0.5) is 4.79 Å². The number of amides is 2. The van der Waals surface area contributed by atoms with E-state index in [2.05, 4.69) is 5.32 Å². The number of alkyl halides is 1. The summed E-state index contributed by atoms with van der Waals surface area (Å²) in [5, 5.41) is 2.73. The SMILES string of the molecule is CC(C)(C)OC(=O)NCCCCCN1CC(CCl)CC1=O. The maximum absolute atomic E-state index is 11.7. The molecule has 0 aromatic carbocycles. The van der Waals surface area contributed by atoms with Crippen molar-refractivity contribution in [3.8, 4) is 0 Å². The van der Waals surface area contributed by atoms with Crippen molar-refractivity contribution in [3.05, 3.63) is 0 Å². The maximum Gasteiger partial charge on any atom is 0.407 e. The molecular weight excluding hydrogens is 292 g/mol. The van der Waals surface area contributed by atoms with Crippen LogP contribution in [-0.4, -0.2) is 48.0 Å². The van der Waals surface area contributed by atoms with Crippen molar-refractivity contribution in [1.29, 1.82) is 0 Å². The van der Waals surface area contributed by atoms with Gasteiger partial charge in [-0.3, -0.25) is 4.79 Å². The largest absolute Gasteiger partial charge is 0.444 e. The Bertz CT molecular complexity index is 355. The number of rotatable bonds is 7. The van der Waals surface area contributed by atoms with Gasteiger partial charge in [-0.05, 0) is 46.0 Å². The fourth-order valence-corrected chi connectivity index (χ4v) is 2.49. The molecule has 1 N–H and O–H groups in total. The molecule has 0 aliphatic carbocycles. The summed E-state index contributed by atoms with van der Waals surface area (Å²) in [7, 11) is 0. The first kappa shape index (κ1) is 18.1. The van der Waals surface area contributed by atoms with E-state index >= 15 is 0 Å². The van der Waals surface area contributed by atoms with Crippen molar-refractivity contribution in [2.24, 2.45) is 5.92 Å². The van der Waals surface area contributed by atoms with Crippen LogP contribution in [0.2, 0.25) is 0 Å². The van der Waals surface area contributed by atoms with Gasteiger partial charge in [0.05, 0.1) is 0 Å². The van der Waals surface area contributed by atoms with Crippen LogP contribution in [0.25, 0.3) is 0 Å². The molecule has 1 unspecified atom stereocenters. The van der Waals surface area contributed by atoms with Crippen LogP contribution in [-0.2, 0) is 9.53 Å². The minimum Gasteiger partial charge on any atom is -0.444 e. The van der Waals surface area contributed by atoms with Gasteiger partial charge in [-0.1, -0.05) is 0 Å². The third-order valence-electron chi connectivity index (χ3n) is 3.29. The van der Waals surface area contributed by atoms with Gasteiger partial charge >= 0.3 is 6.09 Å². The van der Waals surface area contributed by atoms with Gasteiger partial charge in [0, 0.05) is 31.9 Å². The minimum absolute atomic E-state index is 0.215. The van der Waals surface area contributed by atoms with Crippen LogP contribution in [0.15, 0.2) is 0 Å². The molecule has 0 aromatic rings. The van der Waals surface area contributed by atoms with Gasteiger partial charge in [0.15, 0.2) is 0 Å². The highest BCUT2D eigenvalue weighted by molar-refractivity contribution is 6.18. The first-order valence-electron chi connectivity index (χ1n) is 7.62. The number of likely N-dealkylation sites (tertiary alicyclic amines) is 1. The molecule has 0 saturated carbocycles. The summed E-state index contributed by atoms with van der Waals surface area (Å²) in [6.45, 7) is 7.71. The van der Waals surface area contributed by atoms with Crippen molar-refractivity contribution in [3.63, 3.8) is 0 Å². The summed E-state index contributed by atoms with van der Waals surface area (Å²) in [6.07, 6.45) is 3.04. The van der Waals surface area contributed by atoms with Crippen molar-refractivity contribution in [2.75, 3.05) is 25.5 Å². The van der Waals surface area contributed by atoms with E-state index in [4.69, 9.17) is 16.3 Å². The number of halogens is 1. The second kappa shape index (κ2) is 8.47. The summed E-state index contributed by atoms with van der Waals surface area (Å²) >= 11 is 5.79. The lowest BCUT2D eigenvalue weighted by molar-refractivity contribution is -0.127. The Morgan fingerprint density at radius 2 is 2.10 bits per heavy atom. The molecule has 122 valence electrons. The lowest BCUT2D eigenvalue weighted by Gasteiger charge is -2.19. The first-order chi connectivity index (χ1) is 9.81. The smallest absolute Gasteiger partial charge is 0.407 e. The van der Waals surface area contributed by atoms with Crippen molar-refractivity contribution < 1.29 is 14.3 Å². The number of carbonyl (C=O) groups is 2. The molecule has 2 amide bonds. The van der Waals surface area contributed by atoms with Crippen LogP contribution in [0.3, 0.4) is 0 Å². The Hall–Kier alpha value is -0.970. The molecule has 1 aliphatic heterocycles. The number of nitrogens with zero attached hydrogens (tertiary/aromatic N) is 1. The Morgan fingerprint density at radius 1 is 1.38 bits per heavy atom. The van der Waals surface area contributed by atoms with Crippen molar-refractivity contribution >= 4 is 23.6 Å². The molecule has 21 heavy (non-hydrogen) atoms. The molecular formula is C15H27ClN2O3. The molecule has 5 nitrogen and oxygen atoms in total. The topological polar surface area (TPSA) is 58.6 Å². The van der Waals surface area contributed by atoms with Crippen LogP contribution >= 0.6 is 11.6 Å². The van der Waals surface area contributed by atoms with Gasteiger partial charge in [0.1, 0.15) is 5.60 Å². The summed E-state index contributed by atoms with van der Waals surface area (Å²) < 4.78 is 5.15. The number of hydrogen-bond donors (Lipinski definition) is 1. The van der Waals surface area contributed by atoms with Crippen LogP contribution < -0.4 is 5.32 Å². The molecule has 0 aromatic heterocycles. The summed E-state index contributed by atoms with van der Waals surface area (Å²) in [5.74, 6) is 1.09. The highest BCUT2D eigenvalue weighted by Gasteiger charge is 2.28. The minimum atomic E-state index is -0.459. The van der Waals surface area contributed by atoms with Crippen molar-refractivity contribution in [2.45, 2.75) is 52.1 Å². The maximum atomic E-state index is 11.7. The van der Waals surface area contributed by atoms with Crippen molar-refractivity contribution in [1.82, 2.24) is 10.2 Å². The summed E-state index contributed by atoms with van der Waals surface area (Å²) in [4.78, 5) is 25.0. The van der Waals surface area contributed by atoms with Gasteiger partial charge in [0.25, 0.3) is 0 Å². The Balaban J connectivity index is 2.03. The number of nitrogens with one attached hydrogen (secondary N) is 1. The number of hydrogen-bond acceptors (Lipinski definition) is 3. The normalized spacial score (nSPS) is 19.0. The average Bonchev–Trinajstić information content (AvgIpc) is 2.72. The third kappa shape index (κ3) is 7.55. The Kier molecular flexibility index (Phi) is 7.29. The predicted octanol–water partition coefficient (Wildman–Crippen LogP) is 2.77. The predicted molar refractivity (Wildman–Crippen MR) is 83.5 cm³/mol.